The van der Waals surface area contributed by atoms with Gasteiger partial charge in [-0.1, -0.05) is 5.16 Å². The Morgan fingerprint density at radius 3 is 1.94 bits per heavy atom. The second kappa shape index (κ2) is 3.46. The Hall–Kier alpha value is -0.570. The van der Waals surface area contributed by atoms with Gasteiger partial charge in [0, 0.05) is 5.41 Å². The zero-order valence-electron chi connectivity index (χ0n) is 9.89. The van der Waals surface area contributed by atoms with Crippen LogP contribution >= 0.6 is 0 Å². The van der Waals surface area contributed by atoms with Crippen molar-refractivity contribution in [2.45, 2.75) is 51.6 Å². The van der Waals surface area contributed by atoms with Crippen molar-refractivity contribution >= 4 is 5.71 Å². The van der Waals surface area contributed by atoms with Crippen molar-refractivity contribution in [3.8, 4) is 0 Å². The van der Waals surface area contributed by atoms with Gasteiger partial charge in [-0.3, -0.25) is 0 Å². The summed E-state index contributed by atoms with van der Waals surface area (Å²) in [6, 6.07) is 0. The molecule has 90 valence electrons. The monoisotopic (exact) mass is 223 g/mol. The van der Waals surface area contributed by atoms with E-state index in [1.165, 1.54) is 19.3 Å². The van der Waals surface area contributed by atoms with Crippen LogP contribution in [0, 0.1) is 23.2 Å². The normalized spacial score (nSPS) is 48.4. The smallest absolute Gasteiger partial charge is 0.101 e. The summed E-state index contributed by atoms with van der Waals surface area (Å²) < 4.78 is 0. The Kier molecular flexibility index (Phi) is 2.29. The van der Waals surface area contributed by atoms with Crippen LogP contribution in [0.2, 0.25) is 0 Å². The first kappa shape index (κ1) is 10.6. The Morgan fingerprint density at radius 2 is 1.56 bits per heavy atom. The molecule has 0 spiro atoms. The lowest BCUT2D eigenvalue weighted by Crippen LogP contribution is -2.53. The van der Waals surface area contributed by atoms with Gasteiger partial charge in [-0.15, -0.1) is 0 Å². The summed E-state index contributed by atoms with van der Waals surface area (Å²) in [7, 11) is 0. The minimum Gasteiger partial charge on any atom is -0.411 e. The van der Waals surface area contributed by atoms with E-state index in [2.05, 4.69) is 5.16 Å². The van der Waals surface area contributed by atoms with Gasteiger partial charge in [0.05, 0.1) is 5.71 Å². The van der Waals surface area contributed by atoms with Gasteiger partial charge in [0.15, 0.2) is 0 Å². The molecule has 0 unspecified atom stereocenters. The van der Waals surface area contributed by atoms with Gasteiger partial charge in [0.25, 0.3) is 0 Å². The molecule has 2 N–H and O–H groups in total. The Balaban J connectivity index is 1.88. The standard InChI is InChI=1S/C13H21NO2/c1-8(14-16)12(15)13-5-9-2-10(6-13)4-11(3-9)7-13/h9-12,15-16H,2-7H2,1H3/b14-8-/t9?,10?,11?,12-,13?/m1/s1. The summed E-state index contributed by atoms with van der Waals surface area (Å²) in [5.74, 6) is 2.48. The minimum atomic E-state index is -0.522. The van der Waals surface area contributed by atoms with Gasteiger partial charge in [-0.2, -0.15) is 0 Å². The third kappa shape index (κ3) is 1.41. The zero-order valence-corrected chi connectivity index (χ0v) is 9.89. The van der Waals surface area contributed by atoms with Crippen LogP contribution in [0.1, 0.15) is 45.4 Å². The van der Waals surface area contributed by atoms with Gasteiger partial charge in [0.1, 0.15) is 6.10 Å². The molecule has 0 aromatic carbocycles. The molecule has 0 radical (unpaired) electrons. The predicted octanol–water partition coefficient (Wildman–Crippen LogP) is 2.41. The third-order valence-electron chi connectivity index (χ3n) is 5.22. The molecule has 4 rings (SSSR count). The van der Waals surface area contributed by atoms with Crippen molar-refractivity contribution in [2.24, 2.45) is 28.3 Å². The molecule has 0 aliphatic heterocycles. The number of hydrogen-bond donors (Lipinski definition) is 2. The van der Waals surface area contributed by atoms with Crippen LogP contribution < -0.4 is 0 Å². The Labute approximate surface area is 96.5 Å². The maximum absolute atomic E-state index is 10.4. The summed E-state index contributed by atoms with van der Waals surface area (Å²) in [6.07, 6.45) is 7.04. The van der Waals surface area contributed by atoms with Crippen molar-refractivity contribution < 1.29 is 10.3 Å². The molecule has 4 saturated carbocycles. The molecule has 4 bridgehead atoms. The quantitative estimate of drug-likeness (QED) is 0.429. The third-order valence-corrected chi connectivity index (χ3v) is 5.22. The first-order chi connectivity index (χ1) is 7.63. The molecule has 0 amide bonds. The molecule has 4 aliphatic rings. The maximum atomic E-state index is 10.4. The summed E-state index contributed by atoms with van der Waals surface area (Å²) in [6.45, 7) is 1.74. The number of hydrogen-bond acceptors (Lipinski definition) is 3. The summed E-state index contributed by atoms with van der Waals surface area (Å²) >= 11 is 0. The van der Waals surface area contributed by atoms with E-state index in [1.807, 2.05) is 0 Å². The lowest BCUT2D eigenvalue weighted by molar-refractivity contribution is -0.0987. The largest absolute Gasteiger partial charge is 0.411 e. The van der Waals surface area contributed by atoms with Crippen molar-refractivity contribution in [1.29, 1.82) is 0 Å². The SMILES string of the molecule is C/C(=N/O)[C@@H](O)C12CC3CC(CC(C3)C1)C2. The molecule has 4 fully saturated rings. The molecular formula is C13H21NO2. The second-order valence-electron chi connectivity index (χ2n) is 6.42. The molecule has 0 aromatic rings. The molecule has 0 aromatic heterocycles. The Morgan fingerprint density at radius 1 is 1.12 bits per heavy atom. The van der Waals surface area contributed by atoms with Crippen LogP contribution in [0.5, 0.6) is 0 Å². The van der Waals surface area contributed by atoms with Crippen LogP contribution in [0.25, 0.3) is 0 Å². The fraction of sp³-hybridized carbons (Fsp3) is 0.923. The molecule has 4 aliphatic carbocycles. The van der Waals surface area contributed by atoms with E-state index >= 15 is 0 Å². The van der Waals surface area contributed by atoms with Gasteiger partial charge >= 0.3 is 0 Å². The predicted molar refractivity (Wildman–Crippen MR) is 61.5 cm³/mol. The van der Waals surface area contributed by atoms with Crippen molar-refractivity contribution in [2.75, 3.05) is 0 Å². The summed E-state index contributed by atoms with van der Waals surface area (Å²) in [4.78, 5) is 0. The molecule has 3 heteroatoms. The van der Waals surface area contributed by atoms with Crippen LogP contribution in [-0.4, -0.2) is 22.1 Å². The highest BCUT2D eigenvalue weighted by Gasteiger charge is 2.54. The summed E-state index contributed by atoms with van der Waals surface area (Å²) in [5, 5.41) is 22.4. The van der Waals surface area contributed by atoms with E-state index in [1.54, 1.807) is 6.92 Å². The van der Waals surface area contributed by atoms with Gasteiger partial charge < -0.3 is 10.3 Å². The fourth-order valence-electron chi connectivity index (χ4n) is 5.01. The maximum Gasteiger partial charge on any atom is 0.101 e. The van der Waals surface area contributed by atoms with Gasteiger partial charge in [0.2, 0.25) is 0 Å². The molecule has 16 heavy (non-hydrogen) atoms. The second-order valence-corrected chi connectivity index (χ2v) is 6.42. The van der Waals surface area contributed by atoms with Crippen molar-refractivity contribution in [1.82, 2.24) is 0 Å². The minimum absolute atomic E-state index is 0.0467. The average molecular weight is 223 g/mol. The molecule has 1 atom stereocenters. The van der Waals surface area contributed by atoms with Gasteiger partial charge in [-0.05, 0) is 63.2 Å². The summed E-state index contributed by atoms with van der Waals surface area (Å²) in [5.41, 5.74) is 0.548. The lowest BCUT2D eigenvalue weighted by Gasteiger charge is -2.58. The number of rotatable bonds is 2. The van der Waals surface area contributed by atoms with Crippen LogP contribution in [0.3, 0.4) is 0 Å². The van der Waals surface area contributed by atoms with E-state index in [0.717, 1.165) is 37.0 Å². The first-order valence-electron chi connectivity index (χ1n) is 6.49. The first-order valence-corrected chi connectivity index (χ1v) is 6.49. The van der Waals surface area contributed by atoms with E-state index in [0.29, 0.717) is 5.71 Å². The van der Waals surface area contributed by atoms with E-state index in [9.17, 15) is 5.11 Å². The molecular weight excluding hydrogens is 202 g/mol. The lowest BCUT2D eigenvalue weighted by atomic mass is 9.48. The molecule has 0 heterocycles. The van der Waals surface area contributed by atoms with E-state index in [-0.39, 0.29) is 5.41 Å². The average Bonchev–Trinajstić information content (AvgIpc) is 2.25. The van der Waals surface area contributed by atoms with Crippen LogP contribution in [0.15, 0.2) is 5.16 Å². The van der Waals surface area contributed by atoms with Crippen molar-refractivity contribution in [3.05, 3.63) is 0 Å². The number of aliphatic hydroxyl groups is 1. The molecule has 3 nitrogen and oxygen atoms in total. The highest BCUT2D eigenvalue weighted by atomic mass is 16.4. The topological polar surface area (TPSA) is 52.8 Å². The Bertz CT molecular complexity index is 289. The molecule has 0 saturated heterocycles. The van der Waals surface area contributed by atoms with Crippen LogP contribution in [0.4, 0.5) is 0 Å². The highest BCUT2D eigenvalue weighted by Crippen LogP contribution is 2.61. The number of oxime groups is 1. The number of nitrogens with zero attached hydrogens (tertiary/aromatic N) is 1. The fourth-order valence-corrected chi connectivity index (χ4v) is 5.01. The van der Waals surface area contributed by atoms with E-state index in [4.69, 9.17) is 5.21 Å². The highest BCUT2D eigenvalue weighted by molar-refractivity contribution is 5.86. The van der Waals surface area contributed by atoms with E-state index < -0.39 is 6.10 Å². The van der Waals surface area contributed by atoms with Crippen molar-refractivity contribution in [3.63, 3.8) is 0 Å². The number of aliphatic hydroxyl groups excluding tert-OH is 1. The zero-order chi connectivity index (χ0) is 11.3. The van der Waals surface area contributed by atoms with Crippen LogP contribution in [-0.2, 0) is 0 Å². The van der Waals surface area contributed by atoms with Gasteiger partial charge in [-0.25, -0.2) is 0 Å².